The van der Waals surface area contributed by atoms with E-state index in [0.29, 0.717) is 42.2 Å². The molecule has 0 bridgehead atoms. The van der Waals surface area contributed by atoms with E-state index in [1.54, 1.807) is 21.7 Å². The molecule has 2 heterocycles. The molecule has 3 rings (SSSR count). The summed E-state index contributed by atoms with van der Waals surface area (Å²) in [5.74, 6) is -0.800. The van der Waals surface area contributed by atoms with Crippen molar-refractivity contribution in [2.75, 3.05) is 18.1 Å². The molecule has 0 saturated heterocycles. The van der Waals surface area contributed by atoms with Gasteiger partial charge in [0.05, 0.1) is 11.4 Å². The molecular formula is C28H37ClN4O3. The number of hydrogen-bond donors (Lipinski definition) is 2. The second-order valence-electron chi connectivity index (χ2n) is 9.67. The molecule has 0 unspecified atom stereocenters. The molecule has 1 amide bonds. The summed E-state index contributed by atoms with van der Waals surface area (Å²) in [4.78, 5) is 15.2. The minimum absolute atomic E-state index is 0.0382. The van der Waals surface area contributed by atoms with Crippen molar-refractivity contribution >= 4 is 23.2 Å². The highest BCUT2D eigenvalue weighted by molar-refractivity contribution is 6.31. The van der Waals surface area contributed by atoms with Crippen LogP contribution in [-0.4, -0.2) is 44.3 Å². The summed E-state index contributed by atoms with van der Waals surface area (Å²) in [6.07, 6.45) is 12.9. The van der Waals surface area contributed by atoms with Crippen molar-refractivity contribution in [1.29, 1.82) is 0 Å². The molecule has 2 N–H and O–H groups in total. The maximum absolute atomic E-state index is 13.6. The van der Waals surface area contributed by atoms with Crippen molar-refractivity contribution in [2.45, 2.75) is 65.5 Å². The van der Waals surface area contributed by atoms with Gasteiger partial charge in [-0.1, -0.05) is 59.2 Å². The summed E-state index contributed by atoms with van der Waals surface area (Å²) in [7, 11) is 0. The number of rotatable bonds is 12. The number of amides is 1. The number of carbonyl (C=O) groups is 1. The van der Waals surface area contributed by atoms with E-state index in [9.17, 15) is 9.90 Å². The first-order valence-corrected chi connectivity index (χ1v) is 12.8. The maximum Gasteiger partial charge on any atom is 0.264 e. The van der Waals surface area contributed by atoms with E-state index in [2.05, 4.69) is 43.2 Å². The number of carbonyl (C=O) groups excluding carboxylic acids is 1. The highest BCUT2D eigenvalue weighted by Gasteiger charge is 2.52. The molecule has 0 radical (unpaired) electrons. The molecule has 2 aromatic rings. The number of aromatic nitrogens is 3. The van der Waals surface area contributed by atoms with Crippen molar-refractivity contribution in [1.82, 2.24) is 15.0 Å². The van der Waals surface area contributed by atoms with Gasteiger partial charge in [0, 0.05) is 48.8 Å². The average Bonchev–Trinajstić information content (AvgIpc) is 3.36. The molecule has 1 aliphatic heterocycles. The van der Waals surface area contributed by atoms with Crippen LogP contribution < -0.4 is 4.90 Å². The van der Waals surface area contributed by atoms with E-state index >= 15 is 0 Å². The van der Waals surface area contributed by atoms with Gasteiger partial charge in [-0.05, 0) is 58.2 Å². The standard InChI is InChI=1S/C28H37ClN4O3/c1-20(2)8-7-9-21(3)13-16-33-26-12-11-23(29)18-25(26)28(36,27(33)35)22(4)10-5-6-15-32-19-24(14-17-34)30-31-32/h5,8,10-13,18-19,22,34,36H,6-7,9,14-17H2,1-4H3/b10-5+,21-13+/t22-,28+/m1/s1. The lowest BCUT2D eigenvalue weighted by Gasteiger charge is -2.27. The zero-order chi connectivity index (χ0) is 26.3. The lowest BCUT2D eigenvalue weighted by molar-refractivity contribution is -0.139. The smallest absolute Gasteiger partial charge is 0.264 e. The van der Waals surface area contributed by atoms with Crippen molar-refractivity contribution in [2.24, 2.45) is 5.92 Å². The number of aliphatic hydroxyl groups excluding tert-OH is 1. The first-order valence-electron chi connectivity index (χ1n) is 12.5. The van der Waals surface area contributed by atoms with E-state index < -0.39 is 11.5 Å². The number of aliphatic hydroxyl groups is 2. The van der Waals surface area contributed by atoms with Crippen molar-refractivity contribution < 1.29 is 15.0 Å². The van der Waals surface area contributed by atoms with E-state index in [0.717, 1.165) is 18.5 Å². The van der Waals surface area contributed by atoms with Crippen molar-refractivity contribution in [3.05, 3.63) is 76.1 Å². The Balaban J connectivity index is 1.72. The number of benzene rings is 1. The van der Waals surface area contributed by atoms with Gasteiger partial charge in [-0.2, -0.15) is 0 Å². The Morgan fingerprint density at radius 3 is 2.72 bits per heavy atom. The van der Waals surface area contributed by atoms with Crippen LogP contribution in [0, 0.1) is 5.92 Å². The van der Waals surface area contributed by atoms with Crippen LogP contribution in [0.2, 0.25) is 5.02 Å². The summed E-state index contributed by atoms with van der Waals surface area (Å²) >= 11 is 6.27. The Morgan fingerprint density at radius 2 is 2.00 bits per heavy atom. The third-order valence-electron chi connectivity index (χ3n) is 6.51. The van der Waals surface area contributed by atoms with Crippen LogP contribution in [0.25, 0.3) is 0 Å². The minimum atomic E-state index is -1.69. The average molecular weight is 513 g/mol. The molecule has 36 heavy (non-hydrogen) atoms. The van der Waals surface area contributed by atoms with E-state index in [1.165, 1.54) is 11.1 Å². The van der Waals surface area contributed by atoms with Gasteiger partial charge in [-0.3, -0.25) is 9.48 Å². The fourth-order valence-corrected chi connectivity index (χ4v) is 4.53. The molecule has 0 aliphatic carbocycles. The molecule has 1 aromatic heterocycles. The van der Waals surface area contributed by atoms with E-state index in [-0.39, 0.29) is 12.5 Å². The van der Waals surface area contributed by atoms with Gasteiger partial charge in [-0.25, -0.2) is 0 Å². The second kappa shape index (κ2) is 12.5. The first-order chi connectivity index (χ1) is 17.2. The zero-order valence-electron chi connectivity index (χ0n) is 21.6. The van der Waals surface area contributed by atoms with E-state index in [4.69, 9.17) is 16.7 Å². The van der Waals surface area contributed by atoms with Gasteiger partial charge in [0.25, 0.3) is 5.91 Å². The fraction of sp³-hybridized carbons (Fsp3) is 0.464. The van der Waals surface area contributed by atoms with Crippen LogP contribution in [-0.2, 0) is 23.4 Å². The lowest BCUT2D eigenvalue weighted by Crippen LogP contribution is -2.44. The van der Waals surface area contributed by atoms with Crippen LogP contribution in [0.3, 0.4) is 0 Å². The summed E-state index contributed by atoms with van der Waals surface area (Å²) in [5.41, 5.74) is 2.78. The number of aryl methyl sites for hydroxylation is 1. The molecule has 7 nitrogen and oxygen atoms in total. The van der Waals surface area contributed by atoms with Crippen LogP contribution >= 0.6 is 11.6 Å². The molecule has 1 aromatic carbocycles. The van der Waals surface area contributed by atoms with Gasteiger partial charge in [0.1, 0.15) is 0 Å². The van der Waals surface area contributed by atoms with Crippen LogP contribution in [0.1, 0.15) is 58.2 Å². The van der Waals surface area contributed by atoms with E-state index in [1.807, 2.05) is 31.3 Å². The van der Waals surface area contributed by atoms with Gasteiger partial charge in [0.2, 0.25) is 0 Å². The van der Waals surface area contributed by atoms with Gasteiger partial charge >= 0.3 is 0 Å². The molecule has 2 atom stereocenters. The molecule has 1 aliphatic rings. The predicted octanol–water partition coefficient (Wildman–Crippen LogP) is 4.98. The summed E-state index contributed by atoms with van der Waals surface area (Å²) in [5, 5.41) is 29.3. The fourth-order valence-electron chi connectivity index (χ4n) is 4.36. The Bertz CT molecular complexity index is 1150. The summed E-state index contributed by atoms with van der Waals surface area (Å²) in [6, 6.07) is 5.26. The molecular weight excluding hydrogens is 476 g/mol. The van der Waals surface area contributed by atoms with Gasteiger partial charge < -0.3 is 15.1 Å². The molecule has 8 heteroatoms. The van der Waals surface area contributed by atoms with Crippen molar-refractivity contribution in [3.63, 3.8) is 0 Å². The zero-order valence-corrected chi connectivity index (χ0v) is 22.4. The number of anilines is 1. The highest BCUT2D eigenvalue weighted by Crippen LogP contribution is 2.46. The normalized spacial score (nSPS) is 18.7. The minimum Gasteiger partial charge on any atom is -0.396 e. The number of allylic oxidation sites excluding steroid dienone is 4. The van der Waals surface area contributed by atoms with Gasteiger partial charge in [0.15, 0.2) is 5.60 Å². The molecule has 194 valence electrons. The summed E-state index contributed by atoms with van der Waals surface area (Å²) < 4.78 is 1.72. The molecule has 0 fully saturated rings. The maximum atomic E-state index is 13.6. The monoisotopic (exact) mass is 512 g/mol. The number of fused-ring (bicyclic) bond motifs is 1. The first kappa shape index (κ1) is 27.8. The number of nitrogens with zero attached hydrogens (tertiary/aromatic N) is 4. The van der Waals surface area contributed by atoms with Crippen molar-refractivity contribution in [3.8, 4) is 0 Å². The Morgan fingerprint density at radius 1 is 1.22 bits per heavy atom. The third-order valence-corrected chi connectivity index (χ3v) is 6.74. The Kier molecular flexibility index (Phi) is 9.65. The summed E-state index contributed by atoms with van der Waals surface area (Å²) in [6.45, 7) is 9.14. The van der Waals surface area contributed by atoms with Crippen LogP contribution in [0.5, 0.6) is 0 Å². The SMILES string of the molecule is CC(C)=CCC/C(C)=C/CN1C(=O)[C@](O)([C@H](C)/C=C/CCn2cc(CCO)nn2)c2cc(Cl)ccc21. The number of halogens is 1. The van der Waals surface area contributed by atoms with Crippen LogP contribution in [0.4, 0.5) is 5.69 Å². The topological polar surface area (TPSA) is 91.5 Å². The largest absolute Gasteiger partial charge is 0.396 e. The Labute approximate surface area is 218 Å². The predicted molar refractivity (Wildman–Crippen MR) is 144 cm³/mol. The number of hydrogen-bond acceptors (Lipinski definition) is 5. The lowest BCUT2D eigenvalue weighted by atomic mass is 9.83. The van der Waals surface area contributed by atoms with Gasteiger partial charge in [-0.15, -0.1) is 5.10 Å². The molecule has 0 spiro atoms. The van der Waals surface area contributed by atoms with Crippen LogP contribution in [0.15, 0.2) is 59.8 Å². The third kappa shape index (κ3) is 6.52. The molecule has 0 saturated carbocycles. The quantitative estimate of drug-likeness (QED) is 0.391. The Hall–Kier alpha value is -2.74. The highest BCUT2D eigenvalue weighted by atomic mass is 35.5. The second-order valence-corrected chi connectivity index (χ2v) is 10.1.